The topological polar surface area (TPSA) is 37.4 Å². The van der Waals surface area contributed by atoms with Crippen molar-refractivity contribution in [2.24, 2.45) is 0 Å². The van der Waals surface area contributed by atoms with Gasteiger partial charge in [0.1, 0.15) is 0 Å². The van der Waals surface area contributed by atoms with Crippen LogP contribution in [0.5, 0.6) is 0 Å². The minimum atomic E-state index is -5.46. The number of rotatable bonds is 3. The lowest BCUT2D eigenvalue weighted by molar-refractivity contribution is -0.0487. The second-order valence-corrected chi connectivity index (χ2v) is 7.27. The number of hydrogen-bond acceptors (Lipinski definition) is 2. The molecule has 0 radical (unpaired) electrons. The van der Waals surface area contributed by atoms with Crippen LogP contribution in [-0.4, -0.2) is 18.2 Å². The zero-order chi connectivity index (χ0) is 17.4. The third-order valence-corrected chi connectivity index (χ3v) is 5.42. The maximum Gasteiger partial charge on any atom is 0.516 e. The molecule has 0 aliphatic carbocycles. The van der Waals surface area contributed by atoms with Gasteiger partial charge in [0.25, 0.3) is 0 Å². The molecule has 2 aromatic carbocycles. The van der Waals surface area contributed by atoms with E-state index >= 15 is 0 Å². The number of benzene rings is 2. The molecule has 1 unspecified atom stereocenters. The lowest BCUT2D eigenvalue weighted by Gasteiger charge is -2.34. The average Bonchev–Trinajstić information content (AvgIpc) is 2.55. The number of sulfonamides is 1. The summed E-state index contributed by atoms with van der Waals surface area (Å²) in [6.45, 7) is 0. The summed E-state index contributed by atoms with van der Waals surface area (Å²) in [7, 11) is -5.46. The standard InChI is InChI=1S/C17H14F3NO2S/c18-17(19,20)24(22,23)21-11-10-14-8-4-5-9-15(14)16(21)12-13-6-2-1-3-7-13/h1-11,16H,12H2. The van der Waals surface area contributed by atoms with Crippen molar-refractivity contribution in [2.45, 2.75) is 18.0 Å². The van der Waals surface area contributed by atoms with E-state index in [-0.39, 0.29) is 6.42 Å². The van der Waals surface area contributed by atoms with Crippen molar-refractivity contribution >= 4 is 16.1 Å². The molecule has 3 nitrogen and oxygen atoms in total. The summed E-state index contributed by atoms with van der Waals surface area (Å²) in [6.07, 6.45) is 2.54. The summed E-state index contributed by atoms with van der Waals surface area (Å²) in [6, 6.07) is 14.8. The van der Waals surface area contributed by atoms with Crippen molar-refractivity contribution in [1.82, 2.24) is 4.31 Å². The quantitative estimate of drug-likeness (QED) is 0.833. The predicted octanol–water partition coefficient (Wildman–Crippen LogP) is 4.11. The molecule has 0 bridgehead atoms. The van der Waals surface area contributed by atoms with Crippen LogP contribution in [0, 0.1) is 0 Å². The first-order chi connectivity index (χ1) is 11.3. The minimum Gasteiger partial charge on any atom is -0.262 e. The zero-order valence-corrected chi connectivity index (χ0v) is 13.3. The van der Waals surface area contributed by atoms with Crippen LogP contribution < -0.4 is 0 Å². The van der Waals surface area contributed by atoms with Gasteiger partial charge in [0, 0.05) is 6.20 Å². The van der Waals surface area contributed by atoms with E-state index in [0.717, 1.165) is 11.8 Å². The molecule has 0 fully saturated rings. The summed E-state index contributed by atoms with van der Waals surface area (Å²) >= 11 is 0. The Bertz CT molecular complexity index is 861. The Morgan fingerprint density at radius 3 is 2.25 bits per heavy atom. The fourth-order valence-electron chi connectivity index (χ4n) is 2.77. The van der Waals surface area contributed by atoms with E-state index in [0.29, 0.717) is 15.4 Å². The summed E-state index contributed by atoms with van der Waals surface area (Å²) in [5, 5.41) is 0. The third kappa shape index (κ3) is 2.91. The van der Waals surface area contributed by atoms with E-state index in [1.165, 1.54) is 6.08 Å². The Morgan fingerprint density at radius 1 is 0.958 bits per heavy atom. The molecule has 0 spiro atoms. The SMILES string of the molecule is O=S(=O)(N1C=Cc2ccccc2C1Cc1ccccc1)C(F)(F)F. The molecule has 1 heterocycles. The summed E-state index contributed by atoms with van der Waals surface area (Å²) < 4.78 is 63.5. The number of fused-ring (bicyclic) bond motifs is 1. The number of nitrogens with zero attached hydrogens (tertiary/aromatic N) is 1. The highest BCUT2D eigenvalue weighted by atomic mass is 32.2. The van der Waals surface area contributed by atoms with Crippen molar-refractivity contribution in [3.63, 3.8) is 0 Å². The molecule has 3 rings (SSSR count). The second-order valence-electron chi connectivity index (χ2n) is 5.43. The summed E-state index contributed by atoms with van der Waals surface area (Å²) in [5.41, 5.74) is -3.32. The molecular formula is C17H14F3NO2S. The van der Waals surface area contributed by atoms with E-state index in [9.17, 15) is 21.6 Å². The molecule has 126 valence electrons. The maximum atomic E-state index is 13.0. The average molecular weight is 353 g/mol. The Morgan fingerprint density at radius 2 is 1.58 bits per heavy atom. The Kier molecular flexibility index (Phi) is 4.13. The van der Waals surface area contributed by atoms with E-state index in [1.54, 1.807) is 54.6 Å². The maximum absolute atomic E-state index is 13.0. The molecule has 24 heavy (non-hydrogen) atoms. The molecule has 2 aromatic rings. The van der Waals surface area contributed by atoms with Crippen LogP contribution >= 0.6 is 0 Å². The van der Waals surface area contributed by atoms with Gasteiger partial charge in [-0.3, -0.25) is 4.31 Å². The first-order valence-electron chi connectivity index (χ1n) is 7.21. The highest BCUT2D eigenvalue weighted by molar-refractivity contribution is 7.90. The normalized spacial score (nSPS) is 17.6. The molecule has 0 aromatic heterocycles. The number of hydrogen-bond donors (Lipinski definition) is 0. The van der Waals surface area contributed by atoms with Crippen LogP contribution in [0.2, 0.25) is 0 Å². The Balaban J connectivity index is 2.09. The van der Waals surface area contributed by atoms with Gasteiger partial charge in [-0.25, -0.2) is 0 Å². The molecule has 1 aliphatic heterocycles. The van der Waals surface area contributed by atoms with E-state index in [1.807, 2.05) is 0 Å². The van der Waals surface area contributed by atoms with Gasteiger partial charge in [-0.15, -0.1) is 0 Å². The van der Waals surface area contributed by atoms with Gasteiger partial charge in [0.05, 0.1) is 6.04 Å². The smallest absolute Gasteiger partial charge is 0.262 e. The Labute approximate surface area is 138 Å². The lowest BCUT2D eigenvalue weighted by atomic mass is 9.93. The fourth-order valence-corrected chi connectivity index (χ4v) is 3.75. The van der Waals surface area contributed by atoms with Crippen LogP contribution in [0.15, 0.2) is 60.8 Å². The summed E-state index contributed by atoms with van der Waals surface area (Å²) in [4.78, 5) is 0. The van der Waals surface area contributed by atoms with Gasteiger partial charge in [0.2, 0.25) is 0 Å². The number of halogens is 3. The van der Waals surface area contributed by atoms with Crippen molar-refractivity contribution in [3.05, 3.63) is 77.5 Å². The highest BCUT2D eigenvalue weighted by Crippen LogP contribution is 2.39. The highest BCUT2D eigenvalue weighted by Gasteiger charge is 2.51. The van der Waals surface area contributed by atoms with Crippen LogP contribution in [0.4, 0.5) is 13.2 Å². The van der Waals surface area contributed by atoms with Crippen molar-refractivity contribution in [2.75, 3.05) is 0 Å². The predicted molar refractivity (Wildman–Crippen MR) is 85.2 cm³/mol. The molecule has 1 atom stereocenters. The van der Waals surface area contributed by atoms with Gasteiger partial charge in [0.15, 0.2) is 0 Å². The van der Waals surface area contributed by atoms with Gasteiger partial charge in [-0.2, -0.15) is 21.6 Å². The van der Waals surface area contributed by atoms with Crippen LogP contribution in [0.25, 0.3) is 6.08 Å². The van der Waals surface area contributed by atoms with Crippen LogP contribution in [0.3, 0.4) is 0 Å². The summed E-state index contributed by atoms with van der Waals surface area (Å²) in [5.74, 6) is 0. The van der Waals surface area contributed by atoms with Crippen LogP contribution in [-0.2, 0) is 16.4 Å². The monoisotopic (exact) mass is 353 g/mol. The zero-order valence-electron chi connectivity index (χ0n) is 12.4. The third-order valence-electron chi connectivity index (χ3n) is 3.91. The first kappa shape index (κ1) is 16.6. The van der Waals surface area contributed by atoms with Gasteiger partial charge < -0.3 is 0 Å². The molecule has 7 heteroatoms. The van der Waals surface area contributed by atoms with Crippen molar-refractivity contribution < 1.29 is 21.6 Å². The molecule has 0 saturated carbocycles. The largest absolute Gasteiger partial charge is 0.516 e. The van der Waals surface area contributed by atoms with E-state index in [4.69, 9.17) is 0 Å². The van der Waals surface area contributed by atoms with E-state index in [2.05, 4.69) is 0 Å². The molecule has 1 aliphatic rings. The number of alkyl halides is 3. The second kappa shape index (κ2) is 5.98. The van der Waals surface area contributed by atoms with Gasteiger partial charge in [-0.05, 0) is 29.2 Å². The Hall–Kier alpha value is -2.28. The fraction of sp³-hybridized carbons (Fsp3) is 0.176. The molecular weight excluding hydrogens is 339 g/mol. The molecule has 0 N–H and O–H groups in total. The van der Waals surface area contributed by atoms with Gasteiger partial charge >= 0.3 is 15.5 Å². The first-order valence-corrected chi connectivity index (χ1v) is 8.65. The van der Waals surface area contributed by atoms with Crippen molar-refractivity contribution in [3.8, 4) is 0 Å². The van der Waals surface area contributed by atoms with Gasteiger partial charge in [-0.1, -0.05) is 54.6 Å². The van der Waals surface area contributed by atoms with E-state index < -0.39 is 21.6 Å². The molecule has 0 amide bonds. The van der Waals surface area contributed by atoms with Crippen LogP contribution in [0.1, 0.15) is 22.7 Å². The molecule has 0 saturated heterocycles. The van der Waals surface area contributed by atoms with Crippen molar-refractivity contribution in [1.29, 1.82) is 0 Å². The minimum absolute atomic E-state index is 0.150. The lowest BCUT2D eigenvalue weighted by Crippen LogP contribution is -2.41.